The van der Waals surface area contributed by atoms with Crippen LogP contribution >= 0.6 is 15.9 Å². The van der Waals surface area contributed by atoms with Crippen LogP contribution in [0.3, 0.4) is 0 Å². The summed E-state index contributed by atoms with van der Waals surface area (Å²) >= 11 is 3.17. The van der Waals surface area contributed by atoms with Gasteiger partial charge in [-0.05, 0) is 12.5 Å². The van der Waals surface area contributed by atoms with Crippen LogP contribution in [0.1, 0.15) is 13.3 Å². The van der Waals surface area contributed by atoms with Crippen molar-refractivity contribution in [2.24, 2.45) is 0 Å². The molecule has 14 heavy (non-hydrogen) atoms. The second-order valence-electron chi connectivity index (χ2n) is 2.72. The van der Waals surface area contributed by atoms with Gasteiger partial charge in [-0.3, -0.25) is 9.78 Å². The molecule has 0 radical (unpaired) electrons. The normalized spacial score (nSPS) is 12.2. The Labute approximate surface area is 89.9 Å². The van der Waals surface area contributed by atoms with Crippen LogP contribution in [-0.4, -0.2) is 15.7 Å². The first-order valence-corrected chi connectivity index (χ1v) is 5.11. The molecular weight excluding hydrogens is 251 g/mol. The molecule has 0 fully saturated rings. The number of aromatic nitrogens is 1. The van der Waals surface area contributed by atoms with Gasteiger partial charge in [-0.2, -0.15) is 0 Å². The summed E-state index contributed by atoms with van der Waals surface area (Å²) in [6, 6.07) is 1.42. The summed E-state index contributed by atoms with van der Waals surface area (Å²) in [5.74, 6) is -0.783. The van der Waals surface area contributed by atoms with Crippen molar-refractivity contribution in [2.45, 2.75) is 18.2 Å². The molecule has 1 N–H and O–H groups in total. The zero-order chi connectivity index (χ0) is 10.6. The molecule has 1 amide bonds. The highest BCUT2D eigenvalue weighted by molar-refractivity contribution is 9.10. The number of carbonyl (C=O) groups excluding carboxylic acids is 1. The zero-order valence-corrected chi connectivity index (χ0v) is 9.21. The van der Waals surface area contributed by atoms with E-state index in [1.54, 1.807) is 0 Å². The molecule has 0 aliphatic rings. The van der Waals surface area contributed by atoms with Crippen LogP contribution in [0.25, 0.3) is 0 Å². The largest absolute Gasteiger partial charge is 0.323 e. The average Bonchev–Trinajstić information content (AvgIpc) is 2.20. The number of pyridine rings is 1. The van der Waals surface area contributed by atoms with E-state index in [1.165, 1.54) is 12.3 Å². The summed E-state index contributed by atoms with van der Waals surface area (Å²) in [7, 11) is 0. The molecule has 0 bridgehead atoms. The Morgan fingerprint density at radius 3 is 3.07 bits per heavy atom. The lowest BCUT2D eigenvalue weighted by molar-refractivity contribution is -0.115. The molecule has 1 rings (SSSR count). The molecule has 3 nitrogen and oxygen atoms in total. The maximum Gasteiger partial charge on any atom is 0.238 e. The molecule has 0 saturated heterocycles. The Bertz CT molecular complexity index is 332. The Kier molecular flexibility index (Phi) is 4.00. The van der Waals surface area contributed by atoms with Gasteiger partial charge in [-0.15, -0.1) is 0 Å². The number of carbonyl (C=O) groups is 1. The maximum atomic E-state index is 13.0. The quantitative estimate of drug-likeness (QED) is 0.848. The van der Waals surface area contributed by atoms with Crippen LogP contribution in [0.5, 0.6) is 0 Å². The molecule has 5 heteroatoms. The molecule has 1 aromatic heterocycles. The van der Waals surface area contributed by atoms with E-state index in [-0.39, 0.29) is 16.4 Å². The Morgan fingerprint density at radius 1 is 1.79 bits per heavy atom. The van der Waals surface area contributed by atoms with Crippen molar-refractivity contribution in [3.05, 3.63) is 24.3 Å². The van der Waals surface area contributed by atoms with E-state index >= 15 is 0 Å². The first-order valence-electron chi connectivity index (χ1n) is 4.19. The van der Waals surface area contributed by atoms with Gasteiger partial charge in [0.05, 0.1) is 16.7 Å². The molecule has 0 aliphatic carbocycles. The van der Waals surface area contributed by atoms with Gasteiger partial charge in [0.15, 0.2) is 5.82 Å². The van der Waals surface area contributed by atoms with E-state index < -0.39 is 5.82 Å². The van der Waals surface area contributed by atoms with E-state index in [2.05, 4.69) is 26.2 Å². The minimum absolute atomic E-state index is 0.155. The summed E-state index contributed by atoms with van der Waals surface area (Å²) in [6.45, 7) is 1.86. The topological polar surface area (TPSA) is 42.0 Å². The summed E-state index contributed by atoms with van der Waals surface area (Å²) in [5, 5.41) is 2.46. The van der Waals surface area contributed by atoms with Crippen molar-refractivity contribution in [3.8, 4) is 0 Å². The van der Waals surface area contributed by atoms with Crippen LogP contribution < -0.4 is 5.32 Å². The number of nitrogens with zero attached hydrogens (tertiary/aromatic N) is 1. The first kappa shape index (κ1) is 11.1. The van der Waals surface area contributed by atoms with Gasteiger partial charge in [-0.25, -0.2) is 4.39 Å². The minimum atomic E-state index is -0.531. The molecule has 76 valence electrons. The van der Waals surface area contributed by atoms with Crippen molar-refractivity contribution in [1.29, 1.82) is 0 Å². The van der Waals surface area contributed by atoms with Gasteiger partial charge in [-0.1, -0.05) is 22.9 Å². The van der Waals surface area contributed by atoms with Gasteiger partial charge in [0, 0.05) is 6.20 Å². The number of halogens is 2. The summed E-state index contributed by atoms with van der Waals surface area (Å²) in [4.78, 5) is 14.6. The minimum Gasteiger partial charge on any atom is -0.323 e. The van der Waals surface area contributed by atoms with E-state index in [0.717, 1.165) is 6.20 Å². The van der Waals surface area contributed by atoms with Crippen molar-refractivity contribution >= 4 is 27.5 Å². The third kappa shape index (κ3) is 2.77. The predicted octanol–water partition coefficient (Wildman–Crippen LogP) is 2.33. The van der Waals surface area contributed by atoms with Crippen LogP contribution in [0.4, 0.5) is 10.1 Å². The Morgan fingerprint density at radius 2 is 2.50 bits per heavy atom. The van der Waals surface area contributed by atoms with Crippen LogP contribution in [0.2, 0.25) is 0 Å². The molecular formula is C9H10BrFN2O. The fourth-order valence-electron chi connectivity index (χ4n) is 0.873. The fourth-order valence-corrected chi connectivity index (χ4v) is 0.987. The van der Waals surface area contributed by atoms with Crippen LogP contribution in [0.15, 0.2) is 18.5 Å². The number of alkyl halides is 1. The molecule has 1 unspecified atom stereocenters. The fraction of sp³-hybridized carbons (Fsp3) is 0.333. The van der Waals surface area contributed by atoms with Crippen molar-refractivity contribution in [3.63, 3.8) is 0 Å². The van der Waals surface area contributed by atoms with Crippen molar-refractivity contribution in [2.75, 3.05) is 5.32 Å². The van der Waals surface area contributed by atoms with E-state index in [4.69, 9.17) is 0 Å². The highest BCUT2D eigenvalue weighted by Crippen LogP contribution is 2.13. The molecule has 0 aliphatic heterocycles. The zero-order valence-electron chi connectivity index (χ0n) is 7.63. The molecule has 0 aromatic carbocycles. The number of nitrogens with one attached hydrogen (secondary N) is 1. The molecule has 0 spiro atoms. The number of hydrogen-bond acceptors (Lipinski definition) is 2. The van der Waals surface area contributed by atoms with Gasteiger partial charge >= 0.3 is 0 Å². The third-order valence-electron chi connectivity index (χ3n) is 1.67. The lowest BCUT2D eigenvalue weighted by Gasteiger charge is -2.08. The number of amides is 1. The molecule has 1 aromatic rings. The number of hydrogen-bond donors (Lipinski definition) is 1. The van der Waals surface area contributed by atoms with Crippen LogP contribution in [-0.2, 0) is 4.79 Å². The first-order chi connectivity index (χ1) is 6.65. The van der Waals surface area contributed by atoms with Gasteiger partial charge in [0.25, 0.3) is 0 Å². The highest BCUT2D eigenvalue weighted by atomic mass is 79.9. The molecule has 1 atom stereocenters. The monoisotopic (exact) mass is 260 g/mol. The SMILES string of the molecule is CCC(Br)C(=O)Nc1ccncc1F. The molecule has 1 heterocycles. The van der Waals surface area contributed by atoms with Gasteiger partial charge in [0.1, 0.15) is 0 Å². The van der Waals surface area contributed by atoms with Crippen molar-refractivity contribution < 1.29 is 9.18 Å². The average molecular weight is 261 g/mol. The molecule has 0 saturated carbocycles. The standard InChI is InChI=1S/C9H10BrFN2O/c1-2-6(10)9(14)13-8-3-4-12-5-7(8)11/h3-6H,2H2,1H3,(H,12,13,14). The maximum absolute atomic E-state index is 13.0. The van der Waals surface area contributed by atoms with Gasteiger partial charge < -0.3 is 5.32 Å². The highest BCUT2D eigenvalue weighted by Gasteiger charge is 2.13. The Balaban J connectivity index is 2.70. The second-order valence-corrected chi connectivity index (χ2v) is 3.83. The smallest absolute Gasteiger partial charge is 0.238 e. The number of anilines is 1. The van der Waals surface area contributed by atoms with E-state index in [9.17, 15) is 9.18 Å². The lowest BCUT2D eigenvalue weighted by atomic mass is 10.3. The van der Waals surface area contributed by atoms with Crippen LogP contribution in [0, 0.1) is 5.82 Å². The van der Waals surface area contributed by atoms with E-state index in [1.807, 2.05) is 6.92 Å². The number of rotatable bonds is 3. The van der Waals surface area contributed by atoms with Crippen molar-refractivity contribution in [1.82, 2.24) is 4.98 Å². The summed E-state index contributed by atoms with van der Waals surface area (Å²) in [5.41, 5.74) is 0.155. The van der Waals surface area contributed by atoms with Gasteiger partial charge in [0.2, 0.25) is 5.91 Å². The van der Waals surface area contributed by atoms with E-state index in [0.29, 0.717) is 6.42 Å². The predicted molar refractivity (Wildman–Crippen MR) is 55.8 cm³/mol. The Hall–Kier alpha value is -0.970. The third-order valence-corrected chi connectivity index (χ3v) is 2.74. The summed E-state index contributed by atoms with van der Waals surface area (Å²) in [6.07, 6.45) is 3.14. The second kappa shape index (κ2) is 5.05. The summed E-state index contributed by atoms with van der Waals surface area (Å²) < 4.78 is 13.0. The lowest BCUT2D eigenvalue weighted by Crippen LogP contribution is -2.22.